The molecule has 112 valence electrons. The zero-order chi connectivity index (χ0) is 15.6. The fraction of sp³-hybridized carbons (Fsp3) is 0.417. The molecule has 1 N–H and O–H groups in total. The Balaban J connectivity index is 2.38. The second-order valence-corrected chi connectivity index (χ2v) is 5.61. The van der Waals surface area contributed by atoms with Crippen LogP contribution in [0.4, 0.5) is 13.2 Å². The van der Waals surface area contributed by atoms with E-state index in [1.54, 1.807) is 0 Å². The van der Waals surface area contributed by atoms with E-state index in [2.05, 4.69) is 10.1 Å². The Bertz CT molecular complexity index is 758. The maximum Gasteiger partial charge on any atom is 0.399 e. The molecular formula is C12H9ClF3N3O2. The summed E-state index contributed by atoms with van der Waals surface area (Å²) in [6.07, 6.45) is -4.03. The van der Waals surface area contributed by atoms with Gasteiger partial charge in [0.05, 0.1) is 11.6 Å². The molecule has 9 heteroatoms. The number of nitrogens with zero attached hydrogens (tertiary/aromatic N) is 3. The predicted octanol–water partition coefficient (Wildman–Crippen LogP) is 2.77. The smallest absolute Gasteiger partial charge is 0.399 e. The molecule has 0 fully saturated rings. The van der Waals surface area contributed by atoms with Crippen molar-refractivity contribution in [1.29, 1.82) is 0 Å². The van der Waals surface area contributed by atoms with E-state index in [0.29, 0.717) is 0 Å². The summed E-state index contributed by atoms with van der Waals surface area (Å²) in [5, 5.41) is 13.0. The van der Waals surface area contributed by atoms with E-state index in [-0.39, 0.29) is 22.1 Å². The third kappa shape index (κ3) is 1.81. The van der Waals surface area contributed by atoms with Gasteiger partial charge in [-0.2, -0.15) is 18.3 Å². The van der Waals surface area contributed by atoms with E-state index in [9.17, 15) is 23.1 Å². The van der Waals surface area contributed by atoms with Crippen molar-refractivity contribution in [2.75, 3.05) is 0 Å². The minimum atomic E-state index is -4.61. The highest BCUT2D eigenvalue weighted by Crippen LogP contribution is 2.54. The molecule has 21 heavy (non-hydrogen) atoms. The molecule has 0 aromatic carbocycles. The average molecular weight is 320 g/mol. The number of carboxylic acids is 1. The zero-order valence-electron chi connectivity index (χ0n) is 10.6. The summed E-state index contributed by atoms with van der Waals surface area (Å²) in [5.41, 5.74) is -2.35. The lowest BCUT2D eigenvalue weighted by atomic mass is 9.85. The van der Waals surface area contributed by atoms with Gasteiger partial charge in [0.2, 0.25) is 0 Å². The lowest BCUT2D eigenvalue weighted by Gasteiger charge is -2.28. The van der Waals surface area contributed by atoms with Crippen molar-refractivity contribution in [3.05, 3.63) is 28.7 Å². The number of aromatic nitrogens is 3. The Kier molecular flexibility index (Phi) is 2.75. The maximum absolute atomic E-state index is 13.5. The van der Waals surface area contributed by atoms with Crippen molar-refractivity contribution in [3.8, 4) is 0 Å². The number of carbonyl (C=O) groups is 1. The van der Waals surface area contributed by atoms with Gasteiger partial charge in [0.1, 0.15) is 5.41 Å². The number of alkyl halides is 3. The van der Waals surface area contributed by atoms with Crippen molar-refractivity contribution >= 4 is 23.2 Å². The zero-order valence-corrected chi connectivity index (χ0v) is 11.4. The highest BCUT2D eigenvalue weighted by atomic mass is 35.5. The lowest BCUT2D eigenvalue weighted by molar-refractivity contribution is -0.187. The van der Waals surface area contributed by atoms with Gasteiger partial charge in [-0.05, 0) is 13.3 Å². The van der Waals surface area contributed by atoms with E-state index in [4.69, 9.17) is 11.6 Å². The largest absolute Gasteiger partial charge is 0.481 e. The van der Waals surface area contributed by atoms with Crippen molar-refractivity contribution in [2.45, 2.75) is 30.9 Å². The predicted molar refractivity (Wildman–Crippen MR) is 66.4 cm³/mol. The molecule has 0 aliphatic heterocycles. The van der Waals surface area contributed by atoms with Gasteiger partial charge in [0.25, 0.3) is 0 Å². The molecule has 2 unspecified atom stereocenters. The van der Waals surface area contributed by atoms with Gasteiger partial charge < -0.3 is 5.11 Å². The van der Waals surface area contributed by atoms with E-state index in [0.717, 1.165) is 11.4 Å². The summed E-state index contributed by atoms with van der Waals surface area (Å²) in [6, 6.07) is 1.33. The summed E-state index contributed by atoms with van der Waals surface area (Å²) >= 11 is 5.72. The molecular weight excluding hydrogens is 311 g/mol. The standard InChI is InChI=1S/C12H9ClF3N3O2/c1-11(12(14,15)16)3-5(10(20)21)6-4-17-8-2-7(13)18-19(8)9(6)11/h2,4-5H,3H2,1H3,(H,20,21). The van der Waals surface area contributed by atoms with Gasteiger partial charge in [0, 0.05) is 17.8 Å². The van der Waals surface area contributed by atoms with Gasteiger partial charge in [-0.1, -0.05) is 11.6 Å². The van der Waals surface area contributed by atoms with E-state index < -0.39 is 29.9 Å². The highest BCUT2D eigenvalue weighted by molar-refractivity contribution is 6.29. The summed E-state index contributed by atoms with van der Waals surface area (Å²) in [6.45, 7) is 0.976. The number of rotatable bonds is 1. The molecule has 0 saturated carbocycles. The van der Waals surface area contributed by atoms with Crippen LogP contribution < -0.4 is 0 Å². The first-order valence-electron chi connectivity index (χ1n) is 5.99. The number of carboxylic acid groups (broad SMARTS) is 1. The van der Waals surface area contributed by atoms with E-state index in [1.807, 2.05) is 0 Å². The maximum atomic E-state index is 13.5. The minimum Gasteiger partial charge on any atom is -0.481 e. The number of fused-ring (bicyclic) bond motifs is 3. The summed E-state index contributed by atoms with van der Waals surface area (Å²) < 4.78 is 41.5. The van der Waals surface area contributed by atoms with Gasteiger partial charge in [-0.3, -0.25) is 4.79 Å². The molecule has 2 atom stereocenters. The molecule has 0 spiro atoms. The van der Waals surface area contributed by atoms with Crippen molar-refractivity contribution in [1.82, 2.24) is 14.6 Å². The van der Waals surface area contributed by atoms with Crippen LogP contribution in [0.3, 0.4) is 0 Å². The summed E-state index contributed by atoms with van der Waals surface area (Å²) in [7, 11) is 0. The minimum absolute atomic E-state index is 0.000741. The number of hydrogen-bond donors (Lipinski definition) is 1. The second kappa shape index (κ2) is 4.09. The summed E-state index contributed by atoms with van der Waals surface area (Å²) in [5.74, 6) is -2.59. The average Bonchev–Trinajstić information content (AvgIpc) is 2.86. The Morgan fingerprint density at radius 3 is 2.81 bits per heavy atom. The fourth-order valence-corrected chi connectivity index (χ4v) is 2.98. The van der Waals surface area contributed by atoms with Crippen LogP contribution in [0.5, 0.6) is 0 Å². The first-order valence-corrected chi connectivity index (χ1v) is 6.37. The first kappa shape index (κ1) is 14.1. The first-order chi connectivity index (χ1) is 9.65. The van der Waals surface area contributed by atoms with Crippen LogP contribution in [0.1, 0.15) is 30.5 Å². The Morgan fingerprint density at radius 2 is 2.24 bits per heavy atom. The highest BCUT2D eigenvalue weighted by Gasteiger charge is 2.60. The van der Waals surface area contributed by atoms with Crippen molar-refractivity contribution in [2.24, 2.45) is 0 Å². The molecule has 0 saturated heterocycles. The number of hydrogen-bond acceptors (Lipinski definition) is 3. The Labute approximate surface area is 121 Å². The van der Waals surface area contributed by atoms with Gasteiger partial charge >= 0.3 is 12.1 Å². The topological polar surface area (TPSA) is 67.5 Å². The second-order valence-electron chi connectivity index (χ2n) is 5.22. The normalized spacial score (nSPS) is 25.3. The number of halogens is 4. The van der Waals surface area contributed by atoms with E-state index in [1.165, 1.54) is 12.3 Å². The number of aliphatic carboxylic acids is 1. The van der Waals surface area contributed by atoms with Crippen LogP contribution in [0.25, 0.3) is 5.65 Å². The molecule has 2 heterocycles. The third-order valence-corrected chi connectivity index (χ3v) is 4.10. The van der Waals surface area contributed by atoms with Crippen LogP contribution in [0.15, 0.2) is 12.3 Å². The molecule has 1 aliphatic carbocycles. The fourth-order valence-electron chi connectivity index (χ4n) is 2.81. The van der Waals surface area contributed by atoms with Gasteiger partial charge in [0.15, 0.2) is 10.8 Å². The molecule has 0 radical (unpaired) electrons. The molecule has 3 rings (SSSR count). The quantitative estimate of drug-likeness (QED) is 0.877. The molecule has 0 bridgehead atoms. The Hall–Kier alpha value is -1.83. The SMILES string of the molecule is CC1(C(F)(F)F)CC(C(=O)O)c2cnc3cc(Cl)nn3c21. The van der Waals surface area contributed by atoms with Crippen LogP contribution >= 0.6 is 11.6 Å². The summed E-state index contributed by atoms with van der Waals surface area (Å²) in [4.78, 5) is 15.2. The van der Waals surface area contributed by atoms with Crippen LogP contribution in [-0.2, 0) is 10.2 Å². The van der Waals surface area contributed by atoms with Crippen molar-refractivity contribution in [3.63, 3.8) is 0 Å². The molecule has 5 nitrogen and oxygen atoms in total. The molecule has 1 aliphatic rings. The van der Waals surface area contributed by atoms with Gasteiger partial charge in [-0.15, -0.1) is 0 Å². The van der Waals surface area contributed by atoms with Crippen LogP contribution in [0.2, 0.25) is 5.15 Å². The third-order valence-electron chi connectivity index (χ3n) is 3.92. The monoisotopic (exact) mass is 319 g/mol. The van der Waals surface area contributed by atoms with Gasteiger partial charge in [-0.25, -0.2) is 9.50 Å². The van der Waals surface area contributed by atoms with Crippen LogP contribution in [0, 0.1) is 0 Å². The molecule has 0 amide bonds. The molecule has 2 aromatic rings. The van der Waals surface area contributed by atoms with Crippen LogP contribution in [-0.4, -0.2) is 31.9 Å². The molecule has 2 aromatic heterocycles. The van der Waals surface area contributed by atoms with Crippen molar-refractivity contribution < 1.29 is 23.1 Å². The Morgan fingerprint density at radius 1 is 1.57 bits per heavy atom. The van der Waals surface area contributed by atoms with E-state index >= 15 is 0 Å². The lowest BCUT2D eigenvalue weighted by Crippen LogP contribution is -2.39.